The largest absolute Gasteiger partial charge is 0.455 e. The number of halogens is 1. The molecule has 0 fully saturated rings. The maximum atomic E-state index is 13.5. The molecule has 1 heterocycles. The fraction of sp³-hybridized carbons (Fsp3) is 0. The summed E-state index contributed by atoms with van der Waals surface area (Å²) in [4.78, 5) is 0. The summed E-state index contributed by atoms with van der Waals surface area (Å²) in [5.41, 5.74) is 10.6. The van der Waals surface area contributed by atoms with E-state index < -0.39 is 0 Å². The van der Waals surface area contributed by atoms with Crippen molar-refractivity contribution in [2.45, 2.75) is 0 Å². The van der Waals surface area contributed by atoms with Crippen LogP contribution in [0.2, 0.25) is 0 Å². The number of nitrogens with zero attached hydrogens (tertiary/aromatic N) is 2. The highest BCUT2D eigenvalue weighted by atomic mass is 19.1. The molecule has 2 rings (SSSR count). The van der Waals surface area contributed by atoms with Gasteiger partial charge in [0.1, 0.15) is 17.3 Å². The lowest BCUT2D eigenvalue weighted by molar-refractivity contribution is 0.563. The third-order valence-corrected chi connectivity index (χ3v) is 2.12. The van der Waals surface area contributed by atoms with Crippen molar-refractivity contribution in [3.63, 3.8) is 0 Å². The fourth-order valence-electron chi connectivity index (χ4n) is 1.38. The Morgan fingerprint density at radius 3 is 2.67 bits per heavy atom. The first-order valence-electron chi connectivity index (χ1n) is 5.13. The fourth-order valence-corrected chi connectivity index (χ4v) is 1.38. The van der Waals surface area contributed by atoms with Gasteiger partial charge in [-0.2, -0.15) is 5.10 Å². The standard InChI is InChI=1S/C12H11FN4O/c13-10-4-2-1-3-9(10)11-6-5-8(18-11)7-16-17-12(14)15/h1-7H,(H4,14,15,17)/b16-7-. The van der Waals surface area contributed by atoms with Gasteiger partial charge in [0.25, 0.3) is 0 Å². The lowest BCUT2D eigenvalue weighted by atomic mass is 10.1. The van der Waals surface area contributed by atoms with E-state index in [1.54, 1.807) is 30.3 Å². The average molecular weight is 246 g/mol. The molecular formula is C12H11FN4O. The molecule has 92 valence electrons. The number of guanidine groups is 1. The molecule has 0 aliphatic rings. The van der Waals surface area contributed by atoms with Gasteiger partial charge in [-0.3, -0.25) is 0 Å². The van der Waals surface area contributed by atoms with Gasteiger partial charge in [-0.15, -0.1) is 5.10 Å². The summed E-state index contributed by atoms with van der Waals surface area (Å²) in [7, 11) is 0. The van der Waals surface area contributed by atoms with Crippen molar-refractivity contribution in [1.82, 2.24) is 0 Å². The summed E-state index contributed by atoms with van der Waals surface area (Å²) in [6.45, 7) is 0. The second kappa shape index (κ2) is 5.13. The van der Waals surface area contributed by atoms with E-state index in [4.69, 9.17) is 15.9 Å². The molecular weight excluding hydrogens is 235 g/mol. The summed E-state index contributed by atoms with van der Waals surface area (Å²) < 4.78 is 18.9. The Bertz CT molecular complexity index is 600. The maximum absolute atomic E-state index is 13.5. The molecule has 18 heavy (non-hydrogen) atoms. The van der Waals surface area contributed by atoms with Crippen LogP contribution in [0.3, 0.4) is 0 Å². The summed E-state index contributed by atoms with van der Waals surface area (Å²) >= 11 is 0. The molecule has 0 amide bonds. The normalized spacial score (nSPS) is 10.7. The first-order chi connectivity index (χ1) is 8.66. The number of hydrogen-bond acceptors (Lipinski definition) is 3. The molecule has 0 unspecified atom stereocenters. The molecule has 5 nitrogen and oxygen atoms in total. The van der Waals surface area contributed by atoms with Crippen molar-refractivity contribution >= 4 is 12.2 Å². The SMILES string of the molecule is NC(N)=N/N=C\c1ccc(-c2ccccc2F)o1. The van der Waals surface area contributed by atoms with Crippen LogP contribution in [0, 0.1) is 5.82 Å². The minimum atomic E-state index is -0.348. The Labute approximate surface area is 103 Å². The number of furan rings is 1. The zero-order valence-corrected chi connectivity index (χ0v) is 9.38. The molecule has 0 saturated heterocycles. The molecule has 0 saturated carbocycles. The number of rotatable bonds is 3. The van der Waals surface area contributed by atoms with Crippen LogP contribution in [0.25, 0.3) is 11.3 Å². The minimum Gasteiger partial charge on any atom is -0.455 e. The van der Waals surface area contributed by atoms with Crippen molar-refractivity contribution in [3.8, 4) is 11.3 Å². The van der Waals surface area contributed by atoms with Gasteiger partial charge in [-0.1, -0.05) is 12.1 Å². The van der Waals surface area contributed by atoms with Crippen molar-refractivity contribution in [1.29, 1.82) is 0 Å². The summed E-state index contributed by atoms with van der Waals surface area (Å²) in [6.07, 6.45) is 1.34. The van der Waals surface area contributed by atoms with E-state index in [1.807, 2.05) is 0 Å². The van der Waals surface area contributed by atoms with E-state index in [0.29, 0.717) is 17.1 Å². The van der Waals surface area contributed by atoms with E-state index in [2.05, 4.69) is 10.2 Å². The smallest absolute Gasteiger partial charge is 0.211 e. The molecule has 1 aromatic heterocycles. The van der Waals surface area contributed by atoms with Crippen LogP contribution in [-0.4, -0.2) is 12.2 Å². The average Bonchev–Trinajstić information content (AvgIpc) is 2.78. The van der Waals surface area contributed by atoms with E-state index in [0.717, 1.165) is 0 Å². The van der Waals surface area contributed by atoms with Gasteiger partial charge in [-0.05, 0) is 24.3 Å². The predicted octanol–water partition coefficient (Wildman–Crippen LogP) is 1.69. The van der Waals surface area contributed by atoms with E-state index in [1.165, 1.54) is 12.3 Å². The van der Waals surface area contributed by atoms with Crippen LogP contribution >= 0.6 is 0 Å². The molecule has 2 aromatic rings. The highest BCUT2D eigenvalue weighted by Crippen LogP contribution is 2.24. The molecule has 1 aromatic carbocycles. The van der Waals surface area contributed by atoms with Gasteiger partial charge in [-0.25, -0.2) is 4.39 Å². The topological polar surface area (TPSA) is 89.9 Å². The summed E-state index contributed by atoms with van der Waals surface area (Å²) in [5, 5.41) is 7.02. The molecule has 6 heteroatoms. The van der Waals surface area contributed by atoms with Gasteiger partial charge in [0.15, 0.2) is 0 Å². The van der Waals surface area contributed by atoms with Gasteiger partial charge < -0.3 is 15.9 Å². The van der Waals surface area contributed by atoms with E-state index >= 15 is 0 Å². The lowest BCUT2D eigenvalue weighted by Crippen LogP contribution is -2.21. The molecule has 0 spiro atoms. The Morgan fingerprint density at radius 1 is 1.17 bits per heavy atom. The van der Waals surface area contributed by atoms with Crippen LogP contribution in [0.4, 0.5) is 4.39 Å². The Morgan fingerprint density at radius 2 is 1.94 bits per heavy atom. The zero-order chi connectivity index (χ0) is 13.0. The quantitative estimate of drug-likeness (QED) is 0.490. The van der Waals surface area contributed by atoms with Crippen LogP contribution in [0.5, 0.6) is 0 Å². The highest BCUT2D eigenvalue weighted by molar-refractivity contribution is 5.80. The van der Waals surface area contributed by atoms with Crippen molar-refractivity contribution < 1.29 is 8.81 Å². The molecule has 0 radical (unpaired) electrons. The van der Waals surface area contributed by atoms with Crippen molar-refractivity contribution in [2.75, 3.05) is 0 Å². The second-order valence-electron chi connectivity index (χ2n) is 3.45. The summed E-state index contributed by atoms with van der Waals surface area (Å²) in [5.74, 6) is 0.351. The first kappa shape index (κ1) is 11.8. The maximum Gasteiger partial charge on any atom is 0.211 e. The molecule has 0 aliphatic heterocycles. The van der Waals surface area contributed by atoms with Gasteiger partial charge in [0.05, 0.1) is 11.8 Å². The van der Waals surface area contributed by atoms with E-state index in [9.17, 15) is 4.39 Å². The van der Waals surface area contributed by atoms with Crippen LogP contribution < -0.4 is 11.5 Å². The van der Waals surface area contributed by atoms with Gasteiger partial charge >= 0.3 is 0 Å². The molecule has 4 N–H and O–H groups in total. The molecule has 0 atom stereocenters. The third-order valence-electron chi connectivity index (χ3n) is 2.12. The van der Waals surface area contributed by atoms with Gasteiger partial charge in [0.2, 0.25) is 5.96 Å². The number of nitrogens with two attached hydrogens (primary N) is 2. The number of hydrogen-bond donors (Lipinski definition) is 2. The van der Waals surface area contributed by atoms with E-state index in [-0.39, 0.29) is 11.8 Å². The van der Waals surface area contributed by atoms with Crippen molar-refractivity contribution in [2.24, 2.45) is 21.7 Å². The van der Waals surface area contributed by atoms with Crippen LogP contribution in [0.15, 0.2) is 51.0 Å². The summed E-state index contributed by atoms with van der Waals surface area (Å²) in [6, 6.07) is 9.63. The van der Waals surface area contributed by atoms with Gasteiger partial charge in [0, 0.05) is 0 Å². The molecule has 0 bridgehead atoms. The first-order valence-corrected chi connectivity index (χ1v) is 5.13. The van der Waals surface area contributed by atoms with Crippen LogP contribution in [0.1, 0.15) is 5.76 Å². The second-order valence-corrected chi connectivity index (χ2v) is 3.45. The predicted molar refractivity (Wildman–Crippen MR) is 67.5 cm³/mol. The lowest BCUT2D eigenvalue weighted by Gasteiger charge is -1.97. The number of benzene rings is 1. The Hall–Kier alpha value is -2.63. The third kappa shape index (κ3) is 2.73. The highest BCUT2D eigenvalue weighted by Gasteiger charge is 2.07. The Balaban J connectivity index is 2.24. The monoisotopic (exact) mass is 246 g/mol. The zero-order valence-electron chi connectivity index (χ0n) is 9.38. The minimum absolute atomic E-state index is 0.146. The molecule has 0 aliphatic carbocycles. The Kier molecular flexibility index (Phi) is 3.38. The van der Waals surface area contributed by atoms with Crippen molar-refractivity contribution in [3.05, 3.63) is 48.0 Å². The van der Waals surface area contributed by atoms with Crippen LogP contribution in [-0.2, 0) is 0 Å².